The van der Waals surface area contributed by atoms with Crippen LogP contribution in [0.25, 0.3) is 0 Å². The van der Waals surface area contributed by atoms with Crippen LogP contribution in [0.3, 0.4) is 0 Å². The molecular weight excluding hydrogens is 358 g/mol. The van der Waals surface area contributed by atoms with Gasteiger partial charge in [0.25, 0.3) is 5.91 Å². The van der Waals surface area contributed by atoms with E-state index in [1.54, 1.807) is 43.6 Å². The number of methoxy groups -OCH3 is 1. The smallest absolute Gasteiger partial charge is 0.274 e. The van der Waals surface area contributed by atoms with Crippen molar-refractivity contribution >= 4 is 17.3 Å². The molecule has 0 atom stereocenters. The van der Waals surface area contributed by atoms with Crippen LogP contribution in [0.15, 0.2) is 60.8 Å². The molecular formula is C21H19N3O4. The number of carbonyl (C=O) groups excluding carboxylic acids is 1. The number of nitrogens with one attached hydrogen (secondary N) is 2. The summed E-state index contributed by atoms with van der Waals surface area (Å²) in [6, 6.07) is 16.4. The van der Waals surface area contributed by atoms with Gasteiger partial charge in [0.2, 0.25) is 6.79 Å². The number of pyridine rings is 1. The number of carbonyl (C=O) groups is 1. The molecule has 0 saturated carbocycles. The number of amides is 1. The number of nitrogens with zero attached hydrogens (tertiary/aromatic N) is 1. The topological polar surface area (TPSA) is 81.7 Å². The summed E-state index contributed by atoms with van der Waals surface area (Å²) >= 11 is 0. The Bertz CT molecular complexity index is 972. The lowest BCUT2D eigenvalue weighted by atomic mass is 10.2. The molecule has 1 aromatic heterocycles. The molecule has 1 aliphatic heterocycles. The Kier molecular flexibility index (Phi) is 4.97. The highest BCUT2D eigenvalue weighted by Crippen LogP contribution is 2.32. The van der Waals surface area contributed by atoms with Gasteiger partial charge in [-0.05, 0) is 54.1 Å². The summed E-state index contributed by atoms with van der Waals surface area (Å²) in [5.74, 6) is 1.97. The number of aromatic nitrogens is 1. The van der Waals surface area contributed by atoms with Gasteiger partial charge >= 0.3 is 0 Å². The van der Waals surface area contributed by atoms with Crippen molar-refractivity contribution in [1.29, 1.82) is 0 Å². The molecule has 7 heteroatoms. The number of ether oxygens (including phenoxy) is 3. The fourth-order valence-corrected chi connectivity index (χ4v) is 2.76. The van der Waals surface area contributed by atoms with Crippen molar-refractivity contribution in [3.63, 3.8) is 0 Å². The van der Waals surface area contributed by atoms with Crippen LogP contribution in [0.4, 0.5) is 11.4 Å². The number of fused-ring (bicyclic) bond motifs is 1. The first-order valence-electron chi connectivity index (χ1n) is 8.75. The van der Waals surface area contributed by atoms with Crippen LogP contribution < -0.4 is 24.8 Å². The van der Waals surface area contributed by atoms with Crippen LogP contribution >= 0.6 is 0 Å². The van der Waals surface area contributed by atoms with E-state index in [0.29, 0.717) is 17.9 Å². The molecule has 0 saturated heterocycles. The summed E-state index contributed by atoms with van der Waals surface area (Å²) in [5.41, 5.74) is 2.89. The Labute approximate surface area is 162 Å². The summed E-state index contributed by atoms with van der Waals surface area (Å²) in [6.45, 7) is 0.867. The van der Waals surface area contributed by atoms with Crippen molar-refractivity contribution in [3.8, 4) is 17.2 Å². The van der Waals surface area contributed by atoms with E-state index < -0.39 is 0 Å². The molecule has 4 rings (SSSR count). The van der Waals surface area contributed by atoms with Crippen molar-refractivity contribution in [3.05, 3.63) is 72.1 Å². The van der Waals surface area contributed by atoms with Crippen LogP contribution in [0.5, 0.6) is 17.2 Å². The summed E-state index contributed by atoms with van der Waals surface area (Å²) < 4.78 is 15.8. The van der Waals surface area contributed by atoms with Crippen LogP contribution in [-0.4, -0.2) is 24.8 Å². The van der Waals surface area contributed by atoms with Crippen LogP contribution in [0, 0.1) is 0 Å². The summed E-state index contributed by atoms with van der Waals surface area (Å²) in [5, 5.41) is 6.08. The van der Waals surface area contributed by atoms with Gasteiger partial charge in [-0.3, -0.25) is 4.79 Å². The molecule has 2 N–H and O–H groups in total. The zero-order valence-corrected chi connectivity index (χ0v) is 15.3. The number of anilines is 2. The quantitative estimate of drug-likeness (QED) is 0.682. The first-order chi connectivity index (χ1) is 13.7. The minimum absolute atomic E-state index is 0.260. The molecule has 28 heavy (non-hydrogen) atoms. The molecule has 0 bridgehead atoms. The standard InChI is InChI=1S/C21H19N3O4/c1-26-17-6-3-15(4-7-17)24-21(25)18-8-5-16(12-23-18)22-11-14-2-9-19-20(10-14)28-13-27-19/h2-10,12,22H,11,13H2,1H3,(H,24,25). The lowest BCUT2D eigenvalue weighted by Crippen LogP contribution is -2.13. The first kappa shape index (κ1) is 17.7. The third kappa shape index (κ3) is 3.98. The molecule has 2 aromatic carbocycles. The summed E-state index contributed by atoms with van der Waals surface area (Å²) in [4.78, 5) is 16.6. The summed E-state index contributed by atoms with van der Waals surface area (Å²) in [6.07, 6.45) is 1.63. The Balaban J connectivity index is 1.34. The molecule has 1 aliphatic rings. The largest absolute Gasteiger partial charge is 0.497 e. The molecule has 2 heterocycles. The van der Waals surface area contributed by atoms with Gasteiger partial charge < -0.3 is 24.8 Å². The predicted molar refractivity (Wildman–Crippen MR) is 105 cm³/mol. The van der Waals surface area contributed by atoms with Gasteiger partial charge in [-0.1, -0.05) is 6.07 Å². The number of hydrogen-bond acceptors (Lipinski definition) is 6. The number of rotatable bonds is 6. The molecule has 0 fully saturated rings. The van der Waals surface area contributed by atoms with Gasteiger partial charge in [0, 0.05) is 12.2 Å². The lowest BCUT2D eigenvalue weighted by Gasteiger charge is -2.09. The number of benzene rings is 2. The van der Waals surface area contributed by atoms with Crippen LogP contribution in [0.2, 0.25) is 0 Å². The minimum Gasteiger partial charge on any atom is -0.497 e. The van der Waals surface area contributed by atoms with Crippen LogP contribution in [-0.2, 0) is 6.54 Å². The Morgan fingerprint density at radius 1 is 1.04 bits per heavy atom. The van der Waals surface area contributed by atoms with E-state index >= 15 is 0 Å². The Morgan fingerprint density at radius 2 is 1.82 bits per heavy atom. The highest BCUT2D eigenvalue weighted by Gasteiger charge is 2.13. The maximum Gasteiger partial charge on any atom is 0.274 e. The van der Waals surface area contributed by atoms with E-state index in [-0.39, 0.29) is 12.7 Å². The first-order valence-corrected chi connectivity index (χ1v) is 8.75. The third-order valence-corrected chi connectivity index (χ3v) is 4.28. The van der Waals surface area contributed by atoms with Crippen LogP contribution in [0.1, 0.15) is 16.1 Å². The van der Waals surface area contributed by atoms with Crippen molar-refractivity contribution in [2.24, 2.45) is 0 Å². The molecule has 0 radical (unpaired) electrons. The molecule has 1 amide bonds. The van der Waals surface area contributed by atoms with Crippen molar-refractivity contribution in [2.45, 2.75) is 6.54 Å². The average molecular weight is 377 g/mol. The summed E-state index contributed by atoms with van der Waals surface area (Å²) in [7, 11) is 1.60. The van der Waals surface area contributed by atoms with E-state index in [1.807, 2.05) is 24.3 Å². The zero-order chi connectivity index (χ0) is 19.3. The predicted octanol–water partition coefficient (Wildman–Crippen LogP) is 3.68. The minimum atomic E-state index is -0.271. The fourth-order valence-electron chi connectivity index (χ4n) is 2.76. The van der Waals surface area contributed by atoms with Crippen molar-refractivity contribution < 1.29 is 19.0 Å². The monoisotopic (exact) mass is 377 g/mol. The van der Waals surface area contributed by atoms with E-state index in [9.17, 15) is 4.79 Å². The number of hydrogen-bond donors (Lipinski definition) is 2. The maximum atomic E-state index is 12.3. The van der Waals surface area contributed by atoms with Gasteiger partial charge in [0.05, 0.1) is 19.0 Å². The van der Waals surface area contributed by atoms with Gasteiger partial charge in [-0.15, -0.1) is 0 Å². The molecule has 0 aliphatic carbocycles. The van der Waals surface area contributed by atoms with Gasteiger partial charge in [-0.25, -0.2) is 4.98 Å². The Hall–Kier alpha value is -3.74. The normalized spacial score (nSPS) is 11.8. The highest BCUT2D eigenvalue weighted by molar-refractivity contribution is 6.02. The SMILES string of the molecule is COc1ccc(NC(=O)c2ccc(NCc3ccc4c(c3)OCO4)cn2)cc1. The van der Waals surface area contributed by atoms with Crippen molar-refractivity contribution in [2.75, 3.05) is 24.5 Å². The molecule has 0 spiro atoms. The average Bonchev–Trinajstić information content (AvgIpc) is 3.21. The van der Waals surface area contributed by atoms with Gasteiger partial charge in [0.15, 0.2) is 11.5 Å². The molecule has 7 nitrogen and oxygen atoms in total. The fraction of sp³-hybridized carbons (Fsp3) is 0.143. The van der Waals surface area contributed by atoms with E-state index in [4.69, 9.17) is 14.2 Å². The van der Waals surface area contributed by atoms with Gasteiger partial charge in [0.1, 0.15) is 11.4 Å². The second-order valence-electron chi connectivity index (χ2n) is 6.16. The molecule has 0 unspecified atom stereocenters. The van der Waals surface area contributed by atoms with E-state index in [0.717, 1.165) is 28.5 Å². The van der Waals surface area contributed by atoms with E-state index in [1.165, 1.54) is 0 Å². The maximum absolute atomic E-state index is 12.3. The lowest BCUT2D eigenvalue weighted by molar-refractivity contribution is 0.102. The Morgan fingerprint density at radius 3 is 2.57 bits per heavy atom. The molecule has 142 valence electrons. The third-order valence-electron chi connectivity index (χ3n) is 4.28. The molecule has 3 aromatic rings. The van der Waals surface area contributed by atoms with Gasteiger partial charge in [-0.2, -0.15) is 0 Å². The van der Waals surface area contributed by atoms with E-state index in [2.05, 4.69) is 15.6 Å². The van der Waals surface area contributed by atoms with Crippen molar-refractivity contribution in [1.82, 2.24) is 4.98 Å². The second kappa shape index (κ2) is 7.87. The highest BCUT2D eigenvalue weighted by atomic mass is 16.7. The second-order valence-corrected chi connectivity index (χ2v) is 6.16. The zero-order valence-electron chi connectivity index (χ0n) is 15.3.